The summed E-state index contributed by atoms with van der Waals surface area (Å²) >= 11 is 6.66. The van der Waals surface area contributed by atoms with Crippen molar-refractivity contribution >= 4 is 35.9 Å². The summed E-state index contributed by atoms with van der Waals surface area (Å²) in [4.78, 5) is 34.3. The van der Waals surface area contributed by atoms with Crippen LogP contribution in [0.25, 0.3) is 22.4 Å². The number of benzene rings is 2. The predicted molar refractivity (Wildman–Crippen MR) is 186 cm³/mol. The van der Waals surface area contributed by atoms with E-state index in [0.29, 0.717) is 56.5 Å². The number of carbonyl (C=O) groups is 2. The Bertz CT molecular complexity index is 1640. The summed E-state index contributed by atoms with van der Waals surface area (Å²) in [6, 6.07) is 14.5. The molecule has 2 N–H and O–H groups in total. The molecule has 0 spiro atoms. The number of likely N-dealkylation sites (tertiary alicyclic amines) is 1. The second-order valence-electron chi connectivity index (χ2n) is 13.8. The van der Waals surface area contributed by atoms with Gasteiger partial charge >= 0.3 is 5.97 Å². The number of piperidine rings is 1. The molecule has 3 aromatic rings. The second kappa shape index (κ2) is 13.8. The molecule has 9 nitrogen and oxygen atoms in total. The first-order valence-corrected chi connectivity index (χ1v) is 17.0. The third kappa shape index (κ3) is 6.09. The number of nitrogens with one attached hydrogen (secondary N) is 1. The molecule has 5 fully saturated rings. The van der Waals surface area contributed by atoms with Crippen LogP contribution in [0.2, 0.25) is 5.02 Å². The number of halogens is 2. The normalized spacial score (nSPS) is 26.4. The molecule has 8 rings (SSSR count). The number of carbonyl (C=O) groups excluding carboxylic acids is 1. The molecule has 1 saturated heterocycles. The van der Waals surface area contributed by atoms with E-state index in [-0.39, 0.29) is 36.0 Å². The Balaban J connectivity index is 0.00000401. The lowest BCUT2D eigenvalue weighted by Crippen LogP contribution is -2.70. The number of hydrogen-bond donors (Lipinski definition) is 2. The fourth-order valence-electron chi connectivity index (χ4n) is 8.93. The average molecular weight is 697 g/mol. The maximum Gasteiger partial charge on any atom is 0.330 e. The molecule has 0 radical (unpaired) electrons. The maximum absolute atomic E-state index is 14.1. The van der Waals surface area contributed by atoms with E-state index < -0.39 is 17.4 Å². The Morgan fingerprint density at radius 3 is 2.12 bits per heavy atom. The van der Waals surface area contributed by atoms with Crippen LogP contribution in [0.1, 0.15) is 55.4 Å². The van der Waals surface area contributed by atoms with Gasteiger partial charge in [-0.2, -0.15) is 0 Å². The predicted octanol–water partition coefficient (Wildman–Crippen LogP) is 6.99. The highest BCUT2D eigenvalue weighted by molar-refractivity contribution is 6.32. The van der Waals surface area contributed by atoms with Crippen molar-refractivity contribution in [1.29, 1.82) is 0 Å². The maximum atomic E-state index is 14.1. The minimum absolute atomic E-state index is 0. The molecule has 0 atom stereocenters. The first-order chi connectivity index (χ1) is 22.7. The molecular weight excluding hydrogens is 653 g/mol. The minimum atomic E-state index is -1.29. The van der Waals surface area contributed by atoms with Crippen molar-refractivity contribution in [2.45, 2.75) is 56.6 Å². The van der Waals surface area contributed by atoms with Crippen LogP contribution in [-0.4, -0.2) is 72.9 Å². The molecule has 256 valence electrons. The van der Waals surface area contributed by atoms with Gasteiger partial charge in [0.2, 0.25) is 0 Å². The molecule has 4 bridgehead atoms. The molecule has 11 heteroatoms. The summed E-state index contributed by atoms with van der Waals surface area (Å²) in [5.41, 5.74) is 1.41. The zero-order chi connectivity index (χ0) is 32.9. The SMILES string of the molecule is COc1cccc(OC)c1-c1ccc(C(=O)NC2(C(=O)O)C3CC4CC(C3)CC2C4)nc1-c1ccc(Cl)c(OC2CCN(C)CC2)c1.Cl. The first-order valence-electron chi connectivity index (χ1n) is 16.6. The summed E-state index contributed by atoms with van der Waals surface area (Å²) < 4.78 is 17.9. The Labute approximate surface area is 292 Å². The van der Waals surface area contributed by atoms with E-state index in [1.807, 2.05) is 36.4 Å². The Morgan fingerprint density at radius 2 is 1.54 bits per heavy atom. The van der Waals surface area contributed by atoms with Gasteiger partial charge in [0.15, 0.2) is 0 Å². The van der Waals surface area contributed by atoms with Gasteiger partial charge in [-0.05, 0) is 112 Å². The van der Waals surface area contributed by atoms with Crippen LogP contribution in [0, 0.1) is 23.7 Å². The van der Waals surface area contributed by atoms with Crippen LogP contribution in [0.3, 0.4) is 0 Å². The van der Waals surface area contributed by atoms with Crippen LogP contribution >= 0.6 is 24.0 Å². The Hall–Kier alpha value is -3.53. The van der Waals surface area contributed by atoms with Crippen molar-refractivity contribution in [3.05, 3.63) is 59.2 Å². The van der Waals surface area contributed by atoms with E-state index in [9.17, 15) is 14.7 Å². The minimum Gasteiger partial charge on any atom is -0.496 e. The number of rotatable bonds is 9. The molecule has 4 aliphatic carbocycles. The van der Waals surface area contributed by atoms with Crippen molar-refractivity contribution in [2.75, 3.05) is 34.4 Å². The van der Waals surface area contributed by atoms with Crippen LogP contribution in [-0.2, 0) is 4.79 Å². The molecule has 1 aliphatic heterocycles. The van der Waals surface area contributed by atoms with Crippen molar-refractivity contribution in [3.8, 4) is 39.6 Å². The first kappa shape index (κ1) is 34.3. The summed E-state index contributed by atoms with van der Waals surface area (Å²) in [6.45, 7) is 1.89. The van der Waals surface area contributed by atoms with E-state index in [0.717, 1.165) is 51.6 Å². The number of ether oxygens (including phenoxy) is 3. The number of pyridine rings is 1. The van der Waals surface area contributed by atoms with Crippen molar-refractivity contribution in [2.24, 2.45) is 23.7 Å². The van der Waals surface area contributed by atoms with Gasteiger partial charge in [-0.3, -0.25) is 4.79 Å². The summed E-state index contributed by atoms with van der Waals surface area (Å²) in [5, 5.41) is 14.2. The quantitative estimate of drug-likeness (QED) is 0.247. The smallest absolute Gasteiger partial charge is 0.330 e. The summed E-state index contributed by atoms with van der Waals surface area (Å²) in [5.74, 6) is 1.24. The van der Waals surface area contributed by atoms with Gasteiger partial charge in [0.1, 0.15) is 34.6 Å². The fourth-order valence-corrected chi connectivity index (χ4v) is 9.10. The zero-order valence-corrected chi connectivity index (χ0v) is 29.1. The molecule has 2 aromatic carbocycles. The van der Waals surface area contributed by atoms with Crippen molar-refractivity contribution in [3.63, 3.8) is 0 Å². The fraction of sp³-hybridized carbons (Fsp3) is 0.486. The standard InChI is InChI=1S/C37H42ClN3O6.ClH/c1-41-13-11-26(12-14-41)47-32-20-23(7-9-28(32)38)34-27(33-30(45-2)5-4-6-31(33)46-3)8-10-29(39-34)35(42)40-37(36(43)44)24-16-21-15-22(18-24)19-25(37)17-21;/h4-10,20-22,24-26H,11-19H2,1-3H3,(H,40,42)(H,43,44);1H. The Kier molecular flexibility index (Phi) is 9.85. The highest BCUT2D eigenvalue weighted by Crippen LogP contribution is 2.58. The number of methoxy groups -OCH3 is 2. The molecule has 48 heavy (non-hydrogen) atoms. The van der Waals surface area contributed by atoms with Crippen LogP contribution < -0.4 is 19.5 Å². The van der Waals surface area contributed by atoms with Crippen molar-refractivity contribution in [1.82, 2.24) is 15.2 Å². The molecular formula is C37H43Cl2N3O6. The van der Waals surface area contributed by atoms with Gasteiger partial charge in [0.05, 0.1) is 30.5 Å². The third-order valence-corrected chi connectivity index (χ3v) is 11.4. The van der Waals surface area contributed by atoms with E-state index in [1.54, 1.807) is 26.4 Å². The van der Waals surface area contributed by atoms with Gasteiger partial charge in [0.25, 0.3) is 5.91 Å². The third-order valence-electron chi connectivity index (χ3n) is 11.1. The molecule has 1 amide bonds. The zero-order valence-electron chi connectivity index (χ0n) is 27.5. The van der Waals surface area contributed by atoms with Crippen molar-refractivity contribution < 1.29 is 28.9 Å². The monoisotopic (exact) mass is 695 g/mol. The lowest BCUT2D eigenvalue weighted by atomic mass is 9.48. The summed E-state index contributed by atoms with van der Waals surface area (Å²) in [7, 11) is 5.30. The topological polar surface area (TPSA) is 110 Å². The largest absolute Gasteiger partial charge is 0.496 e. The van der Waals surface area contributed by atoms with Gasteiger partial charge in [-0.1, -0.05) is 23.7 Å². The Morgan fingerprint density at radius 1 is 0.917 bits per heavy atom. The summed E-state index contributed by atoms with van der Waals surface area (Å²) in [6.07, 6.45) is 6.37. The van der Waals surface area contributed by atoms with E-state index in [4.69, 9.17) is 30.8 Å². The molecule has 0 unspecified atom stereocenters. The van der Waals surface area contributed by atoms with E-state index in [2.05, 4.69) is 17.3 Å². The van der Waals surface area contributed by atoms with Crippen LogP contribution in [0.15, 0.2) is 48.5 Å². The van der Waals surface area contributed by atoms with Gasteiger partial charge in [-0.15, -0.1) is 12.4 Å². The average Bonchev–Trinajstić information content (AvgIpc) is 3.07. The van der Waals surface area contributed by atoms with Crippen LogP contribution in [0.5, 0.6) is 17.2 Å². The number of amides is 1. The van der Waals surface area contributed by atoms with Gasteiger partial charge in [0, 0.05) is 24.2 Å². The van der Waals surface area contributed by atoms with E-state index >= 15 is 0 Å². The molecule has 4 saturated carbocycles. The highest BCUT2D eigenvalue weighted by Gasteiger charge is 2.62. The number of aliphatic carboxylic acids is 1. The highest BCUT2D eigenvalue weighted by atomic mass is 35.5. The number of aromatic nitrogens is 1. The molecule has 5 aliphatic rings. The lowest BCUT2D eigenvalue weighted by molar-refractivity contribution is -0.163. The van der Waals surface area contributed by atoms with Gasteiger partial charge in [-0.25, -0.2) is 9.78 Å². The number of nitrogens with zero attached hydrogens (tertiary/aromatic N) is 2. The number of carboxylic acid groups (broad SMARTS) is 1. The molecule has 1 aromatic heterocycles. The molecule has 2 heterocycles. The van der Waals surface area contributed by atoms with Gasteiger partial charge < -0.3 is 29.5 Å². The number of hydrogen-bond acceptors (Lipinski definition) is 7. The van der Waals surface area contributed by atoms with Crippen LogP contribution in [0.4, 0.5) is 0 Å². The lowest BCUT2D eigenvalue weighted by Gasteiger charge is -2.59. The number of carboxylic acids is 1. The van der Waals surface area contributed by atoms with E-state index in [1.165, 1.54) is 6.42 Å². The second-order valence-corrected chi connectivity index (χ2v) is 14.2.